The average Bonchev–Trinajstić information content (AvgIpc) is 2.35. The molecule has 0 aromatic rings. The van der Waals surface area contributed by atoms with Crippen LogP contribution >= 0.6 is 0 Å². The van der Waals surface area contributed by atoms with Crippen molar-refractivity contribution < 1.29 is 4.79 Å². The van der Waals surface area contributed by atoms with E-state index in [1.54, 1.807) is 0 Å². The number of nitrogens with zero attached hydrogens (tertiary/aromatic N) is 3. The minimum absolute atomic E-state index is 0.105. The molecule has 0 aliphatic carbocycles. The molecule has 0 saturated carbocycles. The van der Waals surface area contributed by atoms with Crippen LogP contribution in [0, 0.1) is 0 Å². The second-order valence-corrected chi connectivity index (χ2v) is 4.87. The highest BCUT2D eigenvalue weighted by molar-refractivity contribution is 5.80. The van der Waals surface area contributed by atoms with Crippen LogP contribution in [0.5, 0.6) is 0 Å². The summed E-state index contributed by atoms with van der Waals surface area (Å²) in [5.41, 5.74) is 2.21. The molecule has 1 saturated heterocycles. The van der Waals surface area contributed by atoms with Crippen LogP contribution in [0.2, 0.25) is 0 Å². The number of nitrogens with two attached hydrogens (primary N) is 1. The van der Waals surface area contributed by atoms with Crippen LogP contribution in [-0.4, -0.2) is 80.0 Å². The zero-order chi connectivity index (χ0) is 12.8. The number of rotatable bonds is 5. The van der Waals surface area contributed by atoms with Crippen LogP contribution in [0.3, 0.4) is 0 Å². The van der Waals surface area contributed by atoms with E-state index in [2.05, 4.69) is 34.2 Å². The molecule has 0 spiro atoms. The molecule has 0 bridgehead atoms. The van der Waals surface area contributed by atoms with E-state index in [1.165, 1.54) is 0 Å². The van der Waals surface area contributed by atoms with Crippen molar-refractivity contribution >= 4 is 5.91 Å². The van der Waals surface area contributed by atoms with E-state index in [0.29, 0.717) is 0 Å². The summed E-state index contributed by atoms with van der Waals surface area (Å²) in [4.78, 5) is 18.2. The van der Waals surface area contributed by atoms with Gasteiger partial charge in [0.25, 0.3) is 5.91 Å². The molecule has 0 aromatic heterocycles. The van der Waals surface area contributed by atoms with Crippen molar-refractivity contribution in [3.8, 4) is 0 Å². The van der Waals surface area contributed by atoms with Gasteiger partial charge in [0.15, 0.2) is 0 Å². The van der Waals surface area contributed by atoms with Gasteiger partial charge in [0.1, 0.15) is 0 Å². The first-order valence-electron chi connectivity index (χ1n) is 6.16. The molecule has 1 fully saturated rings. The summed E-state index contributed by atoms with van der Waals surface area (Å²) >= 11 is 0. The Morgan fingerprint density at radius 1 is 1.35 bits per heavy atom. The molecule has 1 aliphatic rings. The Bertz CT molecular complexity index is 238. The smallest absolute Gasteiger partial charge is 0.250 e. The Morgan fingerprint density at radius 3 is 2.41 bits per heavy atom. The standard InChI is InChI=1S/C11H25N5O/c1-10(11(17)13-12)16-8-6-15(7-9-16)5-4-14(2)3/h10H,4-9,12H2,1-3H3,(H,13,17). The van der Waals surface area contributed by atoms with Crippen LogP contribution in [0.1, 0.15) is 6.92 Å². The van der Waals surface area contributed by atoms with Crippen LogP contribution < -0.4 is 11.3 Å². The van der Waals surface area contributed by atoms with Crippen molar-refractivity contribution in [1.29, 1.82) is 0 Å². The summed E-state index contributed by atoms with van der Waals surface area (Å²) in [6.45, 7) is 7.99. The third-order valence-electron chi connectivity index (χ3n) is 3.34. The van der Waals surface area contributed by atoms with Gasteiger partial charge >= 0.3 is 0 Å². The summed E-state index contributed by atoms with van der Waals surface area (Å²) < 4.78 is 0. The first-order chi connectivity index (χ1) is 8.04. The minimum atomic E-state index is -0.129. The lowest BCUT2D eigenvalue weighted by Crippen LogP contribution is -2.55. The number of carbonyl (C=O) groups is 1. The quantitative estimate of drug-likeness (QED) is 0.351. The topological polar surface area (TPSA) is 64.8 Å². The van der Waals surface area contributed by atoms with Gasteiger partial charge in [-0.1, -0.05) is 0 Å². The van der Waals surface area contributed by atoms with Crippen LogP contribution in [0.4, 0.5) is 0 Å². The van der Waals surface area contributed by atoms with Gasteiger partial charge in [-0.3, -0.25) is 20.0 Å². The fourth-order valence-corrected chi connectivity index (χ4v) is 2.00. The third kappa shape index (κ3) is 4.59. The van der Waals surface area contributed by atoms with E-state index in [4.69, 9.17) is 5.84 Å². The Hall–Kier alpha value is -0.690. The summed E-state index contributed by atoms with van der Waals surface area (Å²) in [6.07, 6.45) is 0. The van der Waals surface area contributed by atoms with Gasteiger partial charge < -0.3 is 4.90 Å². The third-order valence-corrected chi connectivity index (χ3v) is 3.34. The molecule has 0 aromatic carbocycles. The molecular weight excluding hydrogens is 218 g/mol. The normalized spacial score (nSPS) is 20.5. The fourth-order valence-electron chi connectivity index (χ4n) is 2.00. The van der Waals surface area contributed by atoms with Crippen LogP contribution in [0.15, 0.2) is 0 Å². The zero-order valence-electron chi connectivity index (χ0n) is 11.1. The maximum Gasteiger partial charge on any atom is 0.250 e. The monoisotopic (exact) mass is 243 g/mol. The van der Waals surface area contributed by atoms with Crippen molar-refractivity contribution in [2.75, 3.05) is 53.4 Å². The Morgan fingerprint density at radius 2 is 1.94 bits per heavy atom. The number of likely N-dealkylation sites (N-methyl/N-ethyl adjacent to an activating group) is 1. The molecule has 0 radical (unpaired) electrons. The van der Waals surface area contributed by atoms with Gasteiger partial charge in [-0.05, 0) is 21.0 Å². The van der Waals surface area contributed by atoms with Crippen molar-refractivity contribution in [3.63, 3.8) is 0 Å². The zero-order valence-corrected chi connectivity index (χ0v) is 11.1. The van der Waals surface area contributed by atoms with Gasteiger partial charge in [0, 0.05) is 39.3 Å². The molecule has 1 heterocycles. The summed E-state index contributed by atoms with van der Waals surface area (Å²) in [5, 5.41) is 0. The molecule has 6 heteroatoms. The highest BCUT2D eigenvalue weighted by Gasteiger charge is 2.24. The number of nitrogens with one attached hydrogen (secondary N) is 1. The first-order valence-corrected chi connectivity index (χ1v) is 6.16. The maximum absolute atomic E-state index is 11.4. The van der Waals surface area contributed by atoms with Crippen molar-refractivity contribution in [3.05, 3.63) is 0 Å². The van der Waals surface area contributed by atoms with Crippen molar-refractivity contribution in [1.82, 2.24) is 20.1 Å². The number of hydrogen-bond acceptors (Lipinski definition) is 5. The second-order valence-electron chi connectivity index (χ2n) is 4.87. The lowest BCUT2D eigenvalue weighted by Gasteiger charge is -2.37. The molecular formula is C11H25N5O. The van der Waals surface area contributed by atoms with Crippen LogP contribution in [0.25, 0.3) is 0 Å². The summed E-state index contributed by atoms with van der Waals surface area (Å²) in [5.74, 6) is 5.04. The van der Waals surface area contributed by atoms with Crippen LogP contribution in [-0.2, 0) is 4.79 Å². The van der Waals surface area contributed by atoms with Gasteiger partial charge in [-0.2, -0.15) is 0 Å². The SMILES string of the molecule is CC(C(=O)NN)N1CCN(CCN(C)C)CC1. The Kier molecular flexibility index (Phi) is 5.84. The lowest BCUT2D eigenvalue weighted by molar-refractivity contribution is -0.126. The largest absolute Gasteiger partial charge is 0.308 e. The average molecular weight is 243 g/mol. The molecule has 6 nitrogen and oxygen atoms in total. The van der Waals surface area contributed by atoms with E-state index < -0.39 is 0 Å². The lowest BCUT2D eigenvalue weighted by atomic mass is 10.2. The molecule has 17 heavy (non-hydrogen) atoms. The minimum Gasteiger partial charge on any atom is -0.308 e. The molecule has 100 valence electrons. The van der Waals surface area contributed by atoms with E-state index in [9.17, 15) is 4.79 Å². The number of piperazine rings is 1. The number of amides is 1. The van der Waals surface area contributed by atoms with Gasteiger partial charge in [0.05, 0.1) is 6.04 Å². The summed E-state index contributed by atoms with van der Waals surface area (Å²) in [6, 6.07) is -0.129. The number of hydrogen-bond donors (Lipinski definition) is 2. The molecule has 3 N–H and O–H groups in total. The number of hydrazine groups is 1. The summed E-state index contributed by atoms with van der Waals surface area (Å²) in [7, 11) is 4.17. The molecule has 1 amide bonds. The highest BCUT2D eigenvalue weighted by atomic mass is 16.2. The fraction of sp³-hybridized carbons (Fsp3) is 0.909. The van der Waals surface area contributed by atoms with E-state index >= 15 is 0 Å². The number of carbonyl (C=O) groups excluding carboxylic acids is 1. The van der Waals surface area contributed by atoms with E-state index in [0.717, 1.165) is 39.3 Å². The molecule has 1 atom stereocenters. The predicted octanol–water partition coefficient (Wildman–Crippen LogP) is -1.46. The van der Waals surface area contributed by atoms with Gasteiger partial charge in [-0.25, -0.2) is 5.84 Å². The van der Waals surface area contributed by atoms with E-state index in [-0.39, 0.29) is 11.9 Å². The molecule has 1 rings (SSSR count). The maximum atomic E-state index is 11.4. The van der Waals surface area contributed by atoms with Gasteiger partial charge in [-0.15, -0.1) is 0 Å². The van der Waals surface area contributed by atoms with E-state index in [1.807, 2.05) is 6.92 Å². The first kappa shape index (κ1) is 14.4. The second kappa shape index (κ2) is 6.90. The molecule has 1 aliphatic heterocycles. The Labute approximate surface area is 104 Å². The predicted molar refractivity (Wildman–Crippen MR) is 68.4 cm³/mol. The molecule has 1 unspecified atom stereocenters. The van der Waals surface area contributed by atoms with Crippen molar-refractivity contribution in [2.45, 2.75) is 13.0 Å². The van der Waals surface area contributed by atoms with Crippen molar-refractivity contribution in [2.24, 2.45) is 5.84 Å². The highest BCUT2D eigenvalue weighted by Crippen LogP contribution is 2.06. The Balaban J connectivity index is 2.28. The van der Waals surface area contributed by atoms with Gasteiger partial charge in [0.2, 0.25) is 0 Å².